The highest BCUT2D eigenvalue weighted by atomic mass is 19.4. The van der Waals surface area contributed by atoms with Crippen molar-refractivity contribution >= 4 is 29.2 Å². The molecule has 0 bridgehead atoms. The fourth-order valence-electron chi connectivity index (χ4n) is 5.68. The Hall–Kier alpha value is -4.68. The van der Waals surface area contributed by atoms with E-state index in [2.05, 4.69) is 15.3 Å². The fraction of sp³-hybridized carbons (Fsp3) is 0.321. The van der Waals surface area contributed by atoms with Crippen molar-refractivity contribution in [3.8, 4) is 11.3 Å². The molecule has 41 heavy (non-hydrogen) atoms. The first kappa shape index (κ1) is 26.5. The van der Waals surface area contributed by atoms with E-state index < -0.39 is 23.2 Å². The molecule has 0 spiro atoms. The zero-order chi connectivity index (χ0) is 29.1. The number of benzene rings is 1. The number of piperidine rings is 1. The van der Waals surface area contributed by atoms with Crippen LogP contribution in [0, 0.1) is 0 Å². The number of hydrogen-bond acceptors (Lipinski definition) is 7. The minimum Gasteiger partial charge on any atom is -0.441 e. The number of ether oxygens (including phenoxy) is 1. The van der Waals surface area contributed by atoms with Gasteiger partial charge in [0.15, 0.2) is 0 Å². The van der Waals surface area contributed by atoms with Crippen LogP contribution in [0.5, 0.6) is 0 Å². The van der Waals surface area contributed by atoms with Gasteiger partial charge in [0, 0.05) is 42.2 Å². The van der Waals surface area contributed by atoms with Crippen molar-refractivity contribution in [3.63, 3.8) is 0 Å². The number of nitrogens with zero attached hydrogens (tertiary/aromatic N) is 5. The van der Waals surface area contributed by atoms with Crippen molar-refractivity contribution in [2.75, 3.05) is 17.6 Å². The van der Waals surface area contributed by atoms with E-state index in [9.17, 15) is 22.8 Å². The molecule has 10 nitrogen and oxygen atoms in total. The summed E-state index contributed by atoms with van der Waals surface area (Å²) in [7, 11) is 0. The summed E-state index contributed by atoms with van der Waals surface area (Å²) in [6.07, 6.45) is 1.03. The maximum atomic E-state index is 13.0. The maximum absolute atomic E-state index is 13.0. The highest BCUT2D eigenvalue weighted by Gasteiger charge is 2.50. The number of alkyl halides is 3. The normalized spacial score (nSPS) is 20.1. The Bertz CT molecular complexity index is 1670. The first-order chi connectivity index (χ1) is 19.4. The molecule has 2 amide bonds. The molecule has 2 aliphatic heterocycles. The average molecular weight is 566 g/mol. The number of fused-ring (bicyclic) bond motifs is 2. The number of hydrogen-bond donors (Lipinski definition) is 2. The molecule has 3 N–H and O–H groups in total. The predicted molar refractivity (Wildman–Crippen MR) is 143 cm³/mol. The summed E-state index contributed by atoms with van der Waals surface area (Å²) in [4.78, 5) is 40.1. The first-order valence-electron chi connectivity index (χ1n) is 13.0. The summed E-state index contributed by atoms with van der Waals surface area (Å²) < 4.78 is 46.5. The number of nitrogens with two attached hydrogens (primary N) is 1. The minimum atomic E-state index is -4.55. The molecule has 2 atom stereocenters. The van der Waals surface area contributed by atoms with Crippen LogP contribution in [0.2, 0.25) is 0 Å². The van der Waals surface area contributed by atoms with Crippen LogP contribution in [0.4, 0.5) is 29.6 Å². The molecular formula is C28H26F3N7O3. The van der Waals surface area contributed by atoms with E-state index in [0.717, 1.165) is 37.0 Å². The van der Waals surface area contributed by atoms with Crippen LogP contribution in [0.1, 0.15) is 54.4 Å². The topological polar surface area (TPSA) is 128 Å². The van der Waals surface area contributed by atoms with Gasteiger partial charge < -0.3 is 20.7 Å². The lowest BCUT2D eigenvalue weighted by Crippen LogP contribution is -2.46. The summed E-state index contributed by atoms with van der Waals surface area (Å²) in [6, 6.07) is 8.06. The number of aromatic nitrogens is 4. The third-order valence-corrected chi connectivity index (χ3v) is 7.69. The zero-order valence-corrected chi connectivity index (χ0v) is 22.1. The molecule has 0 aliphatic carbocycles. The number of carbonyl (C=O) groups excluding carboxylic acids is 2. The summed E-state index contributed by atoms with van der Waals surface area (Å²) in [5, 5.41) is 2.40. The number of imidazole rings is 1. The Morgan fingerprint density at radius 2 is 1.88 bits per heavy atom. The van der Waals surface area contributed by atoms with Crippen LogP contribution in [0.3, 0.4) is 0 Å². The van der Waals surface area contributed by atoms with E-state index in [1.807, 2.05) is 18.2 Å². The number of pyridine rings is 1. The molecule has 2 fully saturated rings. The van der Waals surface area contributed by atoms with Gasteiger partial charge in [-0.05, 0) is 51.0 Å². The number of amides is 2. The molecule has 1 aromatic carbocycles. The summed E-state index contributed by atoms with van der Waals surface area (Å²) >= 11 is 0. The van der Waals surface area contributed by atoms with Crippen LogP contribution in [0.25, 0.3) is 16.8 Å². The Labute approximate surface area is 232 Å². The molecule has 2 saturated heterocycles. The van der Waals surface area contributed by atoms with Crippen LogP contribution in [0.15, 0.2) is 55.0 Å². The van der Waals surface area contributed by atoms with E-state index in [1.165, 1.54) is 0 Å². The lowest BCUT2D eigenvalue weighted by molar-refractivity contribution is -0.137. The van der Waals surface area contributed by atoms with Gasteiger partial charge in [-0.1, -0.05) is 12.1 Å². The molecule has 4 aromatic rings. The van der Waals surface area contributed by atoms with Crippen molar-refractivity contribution < 1.29 is 27.5 Å². The monoisotopic (exact) mass is 565 g/mol. The third kappa shape index (κ3) is 4.70. The average Bonchev–Trinajstić information content (AvgIpc) is 3.43. The zero-order valence-electron chi connectivity index (χ0n) is 22.1. The summed E-state index contributed by atoms with van der Waals surface area (Å²) in [5.41, 5.74) is 6.85. The number of carbonyl (C=O) groups is 2. The Kier molecular flexibility index (Phi) is 6.12. The van der Waals surface area contributed by atoms with Gasteiger partial charge >= 0.3 is 12.3 Å². The fourth-order valence-corrected chi connectivity index (χ4v) is 5.68. The predicted octanol–water partition coefficient (Wildman–Crippen LogP) is 5.12. The van der Waals surface area contributed by atoms with Gasteiger partial charge in [-0.15, -0.1) is 0 Å². The first-order valence-corrected chi connectivity index (χ1v) is 13.0. The standard InChI is InChI=1S/C28H26F3N7O3/c1-27(2)19-8-7-17(14-38(19)26(40)41-27)24-36-21(22-23(32)34-11-12-37(22)24)15-3-5-16(6-4-15)25(39)35-20-13-18(9-10-33-20)28(29,30)31/h3-6,9-13,17,19H,7-8,14H2,1-2H3,(H2,32,34)(H,33,35,39)/t17-,19+/m1/s1. The maximum Gasteiger partial charge on any atom is 0.416 e. The number of halogens is 3. The molecule has 13 heteroatoms. The van der Waals surface area contributed by atoms with Crippen molar-refractivity contribution in [2.24, 2.45) is 0 Å². The van der Waals surface area contributed by atoms with Crippen molar-refractivity contribution in [1.82, 2.24) is 24.3 Å². The highest BCUT2D eigenvalue weighted by Crippen LogP contribution is 2.41. The minimum absolute atomic E-state index is 0.00601. The summed E-state index contributed by atoms with van der Waals surface area (Å²) in [6.45, 7) is 4.30. The van der Waals surface area contributed by atoms with Gasteiger partial charge in [-0.25, -0.2) is 19.7 Å². The van der Waals surface area contributed by atoms with E-state index in [4.69, 9.17) is 15.5 Å². The Balaban J connectivity index is 1.28. The van der Waals surface area contributed by atoms with Gasteiger partial charge in [0.05, 0.1) is 11.6 Å². The third-order valence-electron chi connectivity index (χ3n) is 7.69. The molecule has 6 rings (SSSR count). The van der Waals surface area contributed by atoms with Crippen molar-refractivity contribution in [1.29, 1.82) is 0 Å². The van der Waals surface area contributed by atoms with E-state index in [1.54, 1.807) is 41.6 Å². The lowest BCUT2D eigenvalue weighted by Gasteiger charge is -2.36. The number of anilines is 2. The SMILES string of the molecule is CC1(C)OC(=O)N2C[C@H](c3nc(-c4ccc(C(=O)Nc5cc(C(F)(F)F)ccn5)cc4)c4c(N)nccn34)CC[C@H]21. The number of nitrogen functional groups attached to an aromatic ring is 1. The van der Waals surface area contributed by atoms with Gasteiger partial charge in [-0.2, -0.15) is 13.2 Å². The molecule has 212 valence electrons. The van der Waals surface area contributed by atoms with Gasteiger partial charge in [0.1, 0.15) is 34.3 Å². The number of cyclic esters (lactones) is 1. The Morgan fingerprint density at radius 3 is 2.61 bits per heavy atom. The van der Waals surface area contributed by atoms with E-state index in [0.29, 0.717) is 23.3 Å². The lowest BCUT2D eigenvalue weighted by atomic mass is 9.86. The van der Waals surface area contributed by atoms with Crippen LogP contribution in [-0.4, -0.2) is 54.4 Å². The molecule has 3 aromatic heterocycles. The second-order valence-corrected chi connectivity index (χ2v) is 10.7. The second kappa shape index (κ2) is 9.46. The molecular weight excluding hydrogens is 539 g/mol. The summed E-state index contributed by atoms with van der Waals surface area (Å²) in [5.74, 6) is 0.113. The smallest absolute Gasteiger partial charge is 0.416 e. The molecule has 0 radical (unpaired) electrons. The Morgan fingerprint density at radius 1 is 1.12 bits per heavy atom. The molecule has 0 unspecified atom stereocenters. The molecule has 0 saturated carbocycles. The van der Waals surface area contributed by atoms with Gasteiger partial charge in [0.25, 0.3) is 5.91 Å². The second-order valence-electron chi connectivity index (χ2n) is 10.7. The largest absolute Gasteiger partial charge is 0.441 e. The quantitative estimate of drug-likeness (QED) is 0.352. The van der Waals surface area contributed by atoms with Crippen LogP contribution in [-0.2, 0) is 10.9 Å². The molecule has 2 aliphatic rings. The van der Waals surface area contributed by atoms with E-state index >= 15 is 0 Å². The van der Waals surface area contributed by atoms with Crippen molar-refractivity contribution in [3.05, 3.63) is 71.9 Å². The number of rotatable bonds is 4. The number of nitrogens with one attached hydrogen (secondary N) is 1. The van der Waals surface area contributed by atoms with Crippen LogP contribution < -0.4 is 11.1 Å². The van der Waals surface area contributed by atoms with Crippen molar-refractivity contribution in [2.45, 2.75) is 50.4 Å². The highest BCUT2D eigenvalue weighted by molar-refractivity contribution is 6.04. The van der Waals surface area contributed by atoms with Gasteiger partial charge in [-0.3, -0.25) is 9.20 Å². The molecule has 5 heterocycles. The van der Waals surface area contributed by atoms with Crippen LogP contribution >= 0.6 is 0 Å². The van der Waals surface area contributed by atoms with Gasteiger partial charge in [0.2, 0.25) is 0 Å². The van der Waals surface area contributed by atoms with E-state index in [-0.39, 0.29) is 35.3 Å².